The number of hydrogen-bond donors (Lipinski definition) is 4. The molecule has 150 valence electrons. The Morgan fingerprint density at radius 1 is 1.34 bits per heavy atom. The molecule has 2 heterocycles. The van der Waals surface area contributed by atoms with Gasteiger partial charge in [-0.2, -0.15) is 0 Å². The second-order valence-corrected chi connectivity index (χ2v) is 7.07. The number of hydrogen-bond acceptors (Lipinski definition) is 6. The van der Waals surface area contributed by atoms with E-state index in [1.807, 2.05) is 0 Å². The number of aromatic nitrogens is 3. The molecule has 5 N–H and O–H groups in total. The molecular weight excluding hydrogens is 373 g/mol. The highest BCUT2D eigenvalue weighted by atomic mass is 19.1. The molecule has 0 aliphatic heterocycles. The second-order valence-electron chi connectivity index (χ2n) is 7.07. The van der Waals surface area contributed by atoms with Crippen LogP contribution in [0.25, 0.3) is 11.2 Å². The fraction of sp³-hybridized carbons (Fsp3) is 0.300. The van der Waals surface area contributed by atoms with Crippen LogP contribution in [0.3, 0.4) is 0 Å². The molecule has 1 saturated carbocycles. The Balaban J connectivity index is 1.70. The maximum atomic E-state index is 13.6. The van der Waals surface area contributed by atoms with E-state index in [1.165, 1.54) is 12.1 Å². The number of nitrogens with zero attached hydrogens (tertiary/aromatic N) is 3. The van der Waals surface area contributed by atoms with Crippen molar-refractivity contribution in [1.29, 1.82) is 0 Å². The number of nitrogens with two attached hydrogens (primary N) is 1. The molecule has 0 bridgehead atoms. The van der Waals surface area contributed by atoms with E-state index in [9.17, 15) is 9.18 Å². The van der Waals surface area contributed by atoms with E-state index in [0.29, 0.717) is 39.4 Å². The van der Waals surface area contributed by atoms with Crippen molar-refractivity contribution in [2.45, 2.75) is 24.9 Å². The van der Waals surface area contributed by atoms with Crippen molar-refractivity contribution in [2.75, 3.05) is 19.4 Å². The lowest BCUT2D eigenvalue weighted by Gasteiger charge is -2.32. The molecule has 1 aliphatic rings. The minimum absolute atomic E-state index is 0.0868. The van der Waals surface area contributed by atoms with Crippen LogP contribution in [0.4, 0.5) is 10.1 Å². The van der Waals surface area contributed by atoms with Crippen LogP contribution in [0.2, 0.25) is 0 Å². The number of carbonyl (C=O) groups excluding carboxylic acids is 1. The van der Waals surface area contributed by atoms with Gasteiger partial charge in [-0.15, -0.1) is 0 Å². The van der Waals surface area contributed by atoms with Crippen molar-refractivity contribution >= 4 is 28.5 Å². The summed E-state index contributed by atoms with van der Waals surface area (Å²) in [4.78, 5) is 29.0. The molecule has 1 aliphatic carbocycles. The Bertz CT molecular complexity index is 1100. The normalized spacial score (nSPS) is 19.1. The molecule has 0 atom stereocenters. The van der Waals surface area contributed by atoms with E-state index in [4.69, 9.17) is 5.73 Å². The number of anilines is 1. The third-order valence-electron chi connectivity index (χ3n) is 5.11. The van der Waals surface area contributed by atoms with Crippen LogP contribution in [0.1, 0.15) is 34.5 Å². The van der Waals surface area contributed by atoms with Crippen LogP contribution in [-0.4, -0.2) is 52.7 Å². The molecule has 3 aromatic rings. The van der Waals surface area contributed by atoms with Crippen molar-refractivity contribution in [1.82, 2.24) is 20.3 Å². The van der Waals surface area contributed by atoms with Gasteiger partial charge >= 0.3 is 0 Å². The number of rotatable bonds is 5. The Labute approximate surface area is 166 Å². The van der Waals surface area contributed by atoms with Crippen molar-refractivity contribution < 1.29 is 9.18 Å². The number of amides is 1. The molecule has 9 heteroatoms. The summed E-state index contributed by atoms with van der Waals surface area (Å²) in [6.45, 7) is 0. The number of benzene rings is 1. The maximum Gasteiger partial charge on any atom is 0.255 e. The quantitative estimate of drug-likeness (QED) is 0.491. The van der Waals surface area contributed by atoms with Crippen LogP contribution in [-0.2, 0) is 0 Å². The SMILES string of the molecule is CN=C(c1cnc2[nH]cc(C(=O)NC3CC(N)C3)c2n1)c1ccc(F)cc1NC. The van der Waals surface area contributed by atoms with E-state index in [2.05, 4.69) is 30.6 Å². The van der Waals surface area contributed by atoms with Gasteiger partial charge < -0.3 is 21.4 Å². The minimum Gasteiger partial charge on any atom is -0.387 e. The third kappa shape index (κ3) is 3.56. The van der Waals surface area contributed by atoms with Gasteiger partial charge in [0.05, 0.1) is 17.5 Å². The zero-order valence-electron chi connectivity index (χ0n) is 16.2. The zero-order chi connectivity index (χ0) is 20.5. The highest BCUT2D eigenvalue weighted by molar-refractivity contribution is 6.15. The molecule has 0 saturated heterocycles. The van der Waals surface area contributed by atoms with Crippen molar-refractivity contribution in [3.05, 3.63) is 53.2 Å². The summed E-state index contributed by atoms with van der Waals surface area (Å²) >= 11 is 0. The predicted molar refractivity (Wildman–Crippen MR) is 110 cm³/mol. The van der Waals surface area contributed by atoms with Gasteiger partial charge in [-0.3, -0.25) is 9.79 Å². The monoisotopic (exact) mass is 395 g/mol. The van der Waals surface area contributed by atoms with Gasteiger partial charge in [0.2, 0.25) is 0 Å². The number of H-pyrrole nitrogens is 1. The molecule has 0 spiro atoms. The zero-order valence-corrected chi connectivity index (χ0v) is 16.2. The van der Waals surface area contributed by atoms with Crippen LogP contribution in [0, 0.1) is 5.82 Å². The van der Waals surface area contributed by atoms with E-state index in [0.717, 1.165) is 12.8 Å². The fourth-order valence-corrected chi connectivity index (χ4v) is 3.52. The summed E-state index contributed by atoms with van der Waals surface area (Å²) in [5, 5.41) is 5.94. The Hall–Kier alpha value is -3.33. The molecule has 0 radical (unpaired) electrons. The fourth-order valence-electron chi connectivity index (χ4n) is 3.52. The van der Waals surface area contributed by atoms with Gasteiger partial charge in [0.1, 0.15) is 17.0 Å². The van der Waals surface area contributed by atoms with Gasteiger partial charge in [0.15, 0.2) is 5.65 Å². The highest BCUT2D eigenvalue weighted by Gasteiger charge is 2.28. The average Bonchev–Trinajstić information content (AvgIpc) is 3.11. The smallest absolute Gasteiger partial charge is 0.255 e. The van der Waals surface area contributed by atoms with Crippen LogP contribution >= 0.6 is 0 Å². The standard InChI is InChI=1S/C20H22FN7O/c1-23-15-5-10(21)3-4-13(15)17(24-2)16-9-26-19-18(28-16)14(8-25-19)20(29)27-12-6-11(22)7-12/h3-5,8-9,11-12,23H,6-7,22H2,1-2H3,(H,25,26)(H,27,29). The molecule has 29 heavy (non-hydrogen) atoms. The average molecular weight is 395 g/mol. The highest BCUT2D eigenvalue weighted by Crippen LogP contribution is 2.23. The van der Waals surface area contributed by atoms with Gasteiger partial charge in [-0.05, 0) is 31.0 Å². The Morgan fingerprint density at radius 3 is 2.83 bits per heavy atom. The van der Waals surface area contributed by atoms with Crippen molar-refractivity contribution in [2.24, 2.45) is 10.7 Å². The lowest BCUT2D eigenvalue weighted by atomic mass is 9.87. The van der Waals surface area contributed by atoms with Gasteiger partial charge in [0, 0.05) is 43.6 Å². The van der Waals surface area contributed by atoms with Gasteiger partial charge in [0.25, 0.3) is 5.91 Å². The summed E-state index contributed by atoms with van der Waals surface area (Å²) in [6.07, 6.45) is 4.72. The predicted octanol–water partition coefficient (Wildman–Crippen LogP) is 1.83. The lowest BCUT2D eigenvalue weighted by Crippen LogP contribution is -2.50. The summed E-state index contributed by atoms with van der Waals surface area (Å²) in [5.41, 5.74) is 9.47. The second kappa shape index (κ2) is 7.59. The lowest BCUT2D eigenvalue weighted by molar-refractivity contribution is 0.0912. The van der Waals surface area contributed by atoms with Crippen molar-refractivity contribution in [3.63, 3.8) is 0 Å². The first-order valence-corrected chi connectivity index (χ1v) is 9.35. The summed E-state index contributed by atoms with van der Waals surface area (Å²) < 4.78 is 13.6. The number of nitrogens with one attached hydrogen (secondary N) is 3. The van der Waals surface area contributed by atoms with Crippen LogP contribution in [0.5, 0.6) is 0 Å². The molecule has 1 aromatic carbocycles. The Morgan fingerprint density at radius 2 is 2.14 bits per heavy atom. The van der Waals surface area contributed by atoms with E-state index in [1.54, 1.807) is 32.6 Å². The first-order valence-electron chi connectivity index (χ1n) is 9.35. The maximum absolute atomic E-state index is 13.6. The third-order valence-corrected chi connectivity index (χ3v) is 5.11. The first-order chi connectivity index (χ1) is 14.0. The van der Waals surface area contributed by atoms with E-state index in [-0.39, 0.29) is 23.8 Å². The molecule has 2 aromatic heterocycles. The largest absolute Gasteiger partial charge is 0.387 e. The number of aliphatic imine (C=N–C) groups is 1. The topological polar surface area (TPSA) is 121 Å². The number of carbonyl (C=O) groups is 1. The number of fused-ring (bicyclic) bond motifs is 1. The molecule has 0 unspecified atom stereocenters. The number of halogens is 1. The van der Waals surface area contributed by atoms with Crippen LogP contribution < -0.4 is 16.4 Å². The van der Waals surface area contributed by atoms with E-state index < -0.39 is 0 Å². The minimum atomic E-state index is -0.351. The molecule has 4 rings (SSSR count). The first kappa shape index (κ1) is 19.0. The Kier molecular flexibility index (Phi) is 4.98. The van der Waals surface area contributed by atoms with Crippen LogP contribution in [0.15, 0.2) is 35.6 Å². The molecule has 8 nitrogen and oxygen atoms in total. The summed E-state index contributed by atoms with van der Waals surface area (Å²) in [6, 6.07) is 4.63. The van der Waals surface area contributed by atoms with Crippen molar-refractivity contribution in [3.8, 4) is 0 Å². The molecular formula is C20H22FN7O. The summed E-state index contributed by atoms with van der Waals surface area (Å²) in [5.74, 6) is -0.567. The van der Waals surface area contributed by atoms with Gasteiger partial charge in [-0.1, -0.05) is 0 Å². The molecule has 1 fully saturated rings. The summed E-state index contributed by atoms with van der Waals surface area (Å²) in [7, 11) is 3.34. The number of aromatic amines is 1. The molecule has 1 amide bonds. The van der Waals surface area contributed by atoms with Gasteiger partial charge in [-0.25, -0.2) is 14.4 Å². The van der Waals surface area contributed by atoms with E-state index >= 15 is 0 Å².